The maximum atomic E-state index is 10.7. The molecule has 1 rings (SSSR count). The molecule has 0 spiro atoms. The smallest absolute Gasteiger partial charge is 0.236 e. The Labute approximate surface area is 82.7 Å². The second-order valence-corrected chi connectivity index (χ2v) is 3.01. The van der Waals surface area contributed by atoms with Gasteiger partial charge in [-0.3, -0.25) is 4.79 Å². The fourth-order valence-corrected chi connectivity index (χ4v) is 1.11. The van der Waals surface area contributed by atoms with Crippen molar-refractivity contribution in [3.8, 4) is 0 Å². The minimum absolute atomic E-state index is 0.154. The van der Waals surface area contributed by atoms with E-state index in [-0.39, 0.29) is 12.5 Å². The van der Waals surface area contributed by atoms with E-state index in [4.69, 9.17) is 11.5 Å². The fraction of sp³-hybridized carbons (Fsp3) is 0.333. The number of carbonyl (C=O) groups is 1. The third-order valence-electron chi connectivity index (χ3n) is 1.79. The number of nitrogens with zero attached hydrogens (tertiary/aromatic N) is 2. The Balaban J connectivity index is 2.78. The van der Waals surface area contributed by atoms with Crippen molar-refractivity contribution in [2.24, 2.45) is 11.5 Å². The average Bonchev–Trinajstić information content (AvgIpc) is 2.17. The summed E-state index contributed by atoms with van der Waals surface area (Å²) in [4.78, 5) is 16.6. The summed E-state index contributed by atoms with van der Waals surface area (Å²) in [5, 5.41) is 0. The van der Waals surface area contributed by atoms with Crippen LogP contribution in [0.5, 0.6) is 0 Å². The maximum absolute atomic E-state index is 10.7. The van der Waals surface area contributed by atoms with Crippen LogP contribution in [0.25, 0.3) is 0 Å². The molecule has 4 N–H and O–H groups in total. The van der Waals surface area contributed by atoms with Gasteiger partial charge in [-0.1, -0.05) is 6.07 Å². The molecule has 0 fully saturated rings. The van der Waals surface area contributed by atoms with Crippen LogP contribution in [0.3, 0.4) is 0 Å². The quantitative estimate of drug-likeness (QED) is 0.674. The lowest BCUT2D eigenvalue weighted by Crippen LogP contribution is -2.31. The summed E-state index contributed by atoms with van der Waals surface area (Å²) in [6.07, 6.45) is 0. The molecule has 1 amide bonds. The van der Waals surface area contributed by atoms with Crippen molar-refractivity contribution < 1.29 is 4.79 Å². The highest BCUT2D eigenvalue weighted by atomic mass is 16.1. The van der Waals surface area contributed by atoms with Crippen molar-refractivity contribution in [1.82, 2.24) is 4.98 Å². The highest BCUT2D eigenvalue weighted by Crippen LogP contribution is 2.08. The highest BCUT2D eigenvalue weighted by Gasteiger charge is 2.05. The SMILES string of the molecule is CN(CC(N)=O)c1cccc(CN)n1. The Hall–Kier alpha value is -1.62. The molecule has 76 valence electrons. The number of rotatable bonds is 4. The van der Waals surface area contributed by atoms with Gasteiger partial charge in [-0.25, -0.2) is 4.98 Å². The summed E-state index contributed by atoms with van der Waals surface area (Å²) in [6.45, 7) is 0.541. The molecule has 1 heterocycles. The average molecular weight is 194 g/mol. The van der Waals surface area contributed by atoms with E-state index in [0.29, 0.717) is 12.4 Å². The van der Waals surface area contributed by atoms with Crippen LogP contribution in [0, 0.1) is 0 Å². The molecule has 0 bridgehead atoms. The molecule has 0 radical (unpaired) electrons. The van der Waals surface area contributed by atoms with Crippen LogP contribution < -0.4 is 16.4 Å². The van der Waals surface area contributed by atoms with E-state index in [2.05, 4.69) is 4.98 Å². The Morgan fingerprint density at radius 2 is 2.29 bits per heavy atom. The van der Waals surface area contributed by atoms with Crippen LogP contribution in [0.4, 0.5) is 5.82 Å². The molecule has 0 atom stereocenters. The second kappa shape index (κ2) is 4.57. The number of primary amides is 1. The van der Waals surface area contributed by atoms with Gasteiger partial charge in [0.2, 0.25) is 5.91 Å². The van der Waals surface area contributed by atoms with Crippen molar-refractivity contribution in [3.63, 3.8) is 0 Å². The van der Waals surface area contributed by atoms with Gasteiger partial charge in [0.05, 0.1) is 12.2 Å². The number of nitrogens with two attached hydrogens (primary N) is 2. The molecule has 0 saturated heterocycles. The zero-order valence-electron chi connectivity index (χ0n) is 8.10. The molecule has 0 aromatic carbocycles. The number of anilines is 1. The first-order valence-corrected chi connectivity index (χ1v) is 4.29. The third kappa shape index (κ3) is 2.70. The molecule has 14 heavy (non-hydrogen) atoms. The number of amides is 1. The minimum atomic E-state index is -0.382. The predicted octanol–water partition coefficient (Wildman–Crippen LogP) is -0.538. The summed E-state index contributed by atoms with van der Waals surface area (Å²) in [6, 6.07) is 5.49. The van der Waals surface area contributed by atoms with Crippen LogP contribution in [0.1, 0.15) is 5.69 Å². The van der Waals surface area contributed by atoms with Crippen molar-refractivity contribution >= 4 is 11.7 Å². The standard InChI is InChI=1S/C9H14N4O/c1-13(6-8(11)14)9-4-2-3-7(5-10)12-9/h2-4H,5-6,10H2,1H3,(H2,11,14). The number of pyridine rings is 1. The maximum Gasteiger partial charge on any atom is 0.236 e. The number of likely N-dealkylation sites (N-methyl/N-ethyl adjacent to an activating group) is 1. The molecular formula is C9H14N4O. The fourth-order valence-electron chi connectivity index (χ4n) is 1.11. The van der Waals surface area contributed by atoms with Crippen LogP contribution in [0.15, 0.2) is 18.2 Å². The van der Waals surface area contributed by atoms with E-state index in [1.54, 1.807) is 11.9 Å². The zero-order valence-corrected chi connectivity index (χ0v) is 8.10. The van der Waals surface area contributed by atoms with E-state index in [1.165, 1.54) is 0 Å². The van der Waals surface area contributed by atoms with Gasteiger partial charge in [-0.2, -0.15) is 0 Å². The lowest BCUT2D eigenvalue weighted by Gasteiger charge is -2.16. The molecule has 5 nitrogen and oxygen atoms in total. The Morgan fingerprint density at radius 3 is 2.86 bits per heavy atom. The van der Waals surface area contributed by atoms with E-state index in [9.17, 15) is 4.79 Å². The number of aromatic nitrogens is 1. The predicted molar refractivity (Wildman–Crippen MR) is 54.6 cm³/mol. The minimum Gasteiger partial charge on any atom is -0.368 e. The van der Waals surface area contributed by atoms with Crippen molar-refractivity contribution in [3.05, 3.63) is 23.9 Å². The zero-order chi connectivity index (χ0) is 10.6. The summed E-state index contributed by atoms with van der Waals surface area (Å²) in [5.41, 5.74) is 11.3. The lowest BCUT2D eigenvalue weighted by molar-refractivity contribution is -0.116. The van der Waals surface area contributed by atoms with Gasteiger partial charge in [0.1, 0.15) is 5.82 Å². The van der Waals surface area contributed by atoms with E-state index < -0.39 is 0 Å². The van der Waals surface area contributed by atoms with Gasteiger partial charge in [0.25, 0.3) is 0 Å². The molecule has 0 unspecified atom stereocenters. The van der Waals surface area contributed by atoms with Gasteiger partial charge in [0.15, 0.2) is 0 Å². The Morgan fingerprint density at radius 1 is 1.57 bits per heavy atom. The van der Waals surface area contributed by atoms with Crippen LogP contribution in [-0.2, 0) is 11.3 Å². The highest BCUT2D eigenvalue weighted by molar-refractivity contribution is 5.78. The summed E-state index contributed by atoms with van der Waals surface area (Å²) in [5.74, 6) is 0.319. The first-order valence-electron chi connectivity index (χ1n) is 4.29. The second-order valence-electron chi connectivity index (χ2n) is 3.01. The molecule has 0 aliphatic carbocycles. The third-order valence-corrected chi connectivity index (χ3v) is 1.79. The van der Waals surface area contributed by atoms with Gasteiger partial charge in [0, 0.05) is 13.6 Å². The molecule has 1 aromatic heterocycles. The van der Waals surface area contributed by atoms with Gasteiger partial charge >= 0.3 is 0 Å². The van der Waals surface area contributed by atoms with E-state index in [0.717, 1.165) is 5.69 Å². The lowest BCUT2D eigenvalue weighted by atomic mass is 10.3. The largest absolute Gasteiger partial charge is 0.368 e. The van der Waals surface area contributed by atoms with Crippen LogP contribution >= 0.6 is 0 Å². The van der Waals surface area contributed by atoms with Crippen LogP contribution in [0.2, 0.25) is 0 Å². The Kier molecular flexibility index (Phi) is 3.41. The van der Waals surface area contributed by atoms with Gasteiger partial charge in [-0.05, 0) is 12.1 Å². The summed E-state index contributed by atoms with van der Waals surface area (Å²) in [7, 11) is 1.76. The van der Waals surface area contributed by atoms with Crippen molar-refractivity contribution in [2.45, 2.75) is 6.54 Å². The van der Waals surface area contributed by atoms with Gasteiger partial charge < -0.3 is 16.4 Å². The Bertz CT molecular complexity index is 326. The molecule has 0 aliphatic heterocycles. The van der Waals surface area contributed by atoms with E-state index in [1.807, 2.05) is 18.2 Å². The first-order chi connectivity index (χ1) is 6.63. The van der Waals surface area contributed by atoms with Gasteiger partial charge in [-0.15, -0.1) is 0 Å². The molecule has 5 heteroatoms. The van der Waals surface area contributed by atoms with E-state index >= 15 is 0 Å². The van der Waals surface area contributed by atoms with Crippen molar-refractivity contribution in [1.29, 1.82) is 0 Å². The molecule has 0 aliphatic rings. The normalized spacial score (nSPS) is 9.86. The molecular weight excluding hydrogens is 180 g/mol. The number of carbonyl (C=O) groups excluding carboxylic acids is 1. The number of hydrogen-bond donors (Lipinski definition) is 2. The monoisotopic (exact) mass is 194 g/mol. The summed E-state index contributed by atoms with van der Waals surface area (Å²) < 4.78 is 0. The van der Waals surface area contributed by atoms with Crippen LogP contribution in [-0.4, -0.2) is 24.5 Å². The number of hydrogen-bond acceptors (Lipinski definition) is 4. The molecule has 1 aromatic rings. The van der Waals surface area contributed by atoms with Crippen molar-refractivity contribution in [2.75, 3.05) is 18.5 Å². The summed E-state index contributed by atoms with van der Waals surface area (Å²) >= 11 is 0. The topological polar surface area (TPSA) is 85.2 Å². The first kappa shape index (κ1) is 10.5. The molecule has 0 saturated carbocycles.